The van der Waals surface area contributed by atoms with Gasteiger partial charge in [-0.1, -0.05) is 40.9 Å². The zero-order chi connectivity index (χ0) is 23.2. The van der Waals surface area contributed by atoms with Gasteiger partial charge in [0.25, 0.3) is 5.91 Å². The molecule has 168 valence electrons. The Bertz CT molecular complexity index is 1270. The van der Waals surface area contributed by atoms with E-state index < -0.39 is 6.04 Å². The second-order valence-corrected chi connectivity index (χ2v) is 9.34. The number of benzene rings is 2. The van der Waals surface area contributed by atoms with Crippen molar-refractivity contribution < 1.29 is 13.9 Å². The molecule has 2 aromatic carbocycles. The highest BCUT2D eigenvalue weighted by Crippen LogP contribution is 2.40. The molecule has 1 aromatic heterocycles. The van der Waals surface area contributed by atoms with Crippen LogP contribution in [0.2, 0.25) is 15.1 Å². The van der Waals surface area contributed by atoms with E-state index >= 15 is 0 Å². The molecule has 0 spiro atoms. The van der Waals surface area contributed by atoms with E-state index in [1.165, 1.54) is 0 Å². The van der Waals surface area contributed by atoms with Crippen LogP contribution in [-0.2, 0) is 4.74 Å². The van der Waals surface area contributed by atoms with Gasteiger partial charge in [0.2, 0.25) is 5.76 Å². The fraction of sp³-hybridized carbons (Fsp3) is 0.333. The summed E-state index contributed by atoms with van der Waals surface area (Å²) < 4.78 is 11.6. The van der Waals surface area contributed by atoms with Crippen LogP contribution in [0.3, 0.4) is 0 Å². The van der Waals surface area contributed by atoms with Crippen LogP contribution < -0.4 is 5.43 Å². The summed E-state index contributed by atoms with van der Waals surface area (Å²) in [6, 6.07) is 7.73. The largest absolute Gasteiger partial charge is 0.450 e. The Hall–Kier alpha value is -2.05. The lowest BCUT2D eigenvalue weighted by Gasteiger charge is -2.25. The molecule has 1 amide bonds. The summed E-state index contributed by atoms with van der Waals surface area (Å²) in [5.74, 6) is -0.294. The smallest absolute Gasteiger partial charge is 0.290 e. The van der Waals surface area contributed by atoms with Crippen molar-refractivity contribution >= 4 is 51.7 Å². The molecule has 32 heavy (non-hydrogen) atoms. The van der Waals surface area contributed by atoms with E-state index in [4.69, 9.17) is 44.0 Å². The van der Waals surface area contributed by atoms with E-state index in [1.807, 2.05) is 20.8 Å². The van der Waals surface area contributed by atoms with E-state index in [9.17, 15) is 9.59 Å². The average Bonchev–Trinajstić information content (AvgIpc) is 3.01. The highest BCUT2D eigenvalue weighted by atomic mass is 35.5. The molecule has 0 saturated heterocycles. The summed E-state index contributed by atoms with van der Waals surface area (Å²) in [6.45, 7) is 6.60. The summed E-state index contributed by atoms with van der Waals surface area (Å²) in [5.41, 5.74) is 1.78. The SMILES string of the molecule is Cc1cc2oc3c(c(=O)c2cc1Cl)C(c1ccc(Cl)c(Cl)c1)N(CCCOC(C)C)C3=O. The number of nitrogens with zero attached hydrogens (tertiary/aromatic N) is 1. The standard InChI is InChI=1S/C24H22Cl3NO4/c1-12(2)31-8-4-7-28-21(14-5-6-16(25)18(27)10-14)20-22(29)15-11-17(26)13(3)9-19(15)32-23(20)24(28)30/h5-6,9-12,21H,4,7-8H2,1-3H3. The summed E-state index contributed by atoms with van der Waals surface area (Å²) in [6.07, 6.45) is 0.697. The van der Waals surface area contributed by atoms with E-state index in [0.29, 0.717) is 51.2 Å². The van der Waals surface area contributed by atoms with Gasteiger partial charge in [-0.05, 0) is 62.6 Å². The number of halogens is 3. The van der Waals surface area contributed by atoms with Crippen molar-refractivity contribution in [3.05, 3.63) is 78.1 Å². The number of aryl methyl sites for hydroxylation is 1. The third kappa shape index (κ3) is 4.15. The zero-order valence-electron chi connectivity index (χ0n) is 17.9. The molecule has 1 unspecified atom stereocenters. The van der Waals surface area contributed by atoms with E-state index in [0.717, 1.165) is 5.56 Å². The summed E-state index contributed by atoms with van der Waals surface area (Å²) >= 11 is 18.6. The average molecular weight is 495 g/mol. The predicted octanol–water partition coefficient (Wildman–Crippen LogP) is 6.42. The first kappa shape index (κ1) is 23.1. The Labute approximate surface area is 200 Å². The molecule has 2 heterocycles. The van der Waals surface area contributed by atoms with Gasteiger partial charge in [-0.3, -0.25) is 9.59 Å². The Morgan fingerprint density at radius 2 is 1.81 bits per heavy atom. The van der Waals surface area contributed by atoms with Gasteiger partial charge in [-0.25, -0.2) is 0 Å². The number of rotatable bonds is 6. The van der Waals surface area contributed by atoms with Crippen LogP contribution in [0.25, 0.3) is 11.0 Å². The maximum atomic E-state index is 13.5. The molecule has 1 aliphatic rings. The van der Waals surface area contributed by atoms with Gasteiger partial charge in [0, 0.05) is 18.2 Å². The van der Waals surface area contributed by atoms with Crippen LogP contribution in [0.15, 0.2) is 39.5 Å². The molecule has 1 atom stereocenters. The van der Waals surface area contributed by atoms with Crippen molar-refractivity contribution in [3.8, 4) is 0 Å². The second kappa shape index (κ2) is 9.06. The highest BCUT2D eigenvalue weighted by molar-refractivity contribution is 6.42. The molecule has 0 saturated carbocycles. The Morgan fingerprint density at radius 3 is 2.50 bits per heavy atom. The van der Waals surface area contributed by atoms with Crippen LogP contribution >= 0.6 is 34.8 Å². The lowest BCUT2D eigenvalue weighted by Crippen LogP contribution is -2.31. The van der Waals surface area contributed by atoms with Crippen molar-refractivity contribution in [2.45, 2.75) is 39.3 Å². The monoisotopic (exact) mass is 493 g/mol. The number of hydrogen-bond donors (Lipinski definition) is 0. The number of carbonyl (C=O) groups is 1. The lowest BCUT2D eigenvalue weighted by molar-refractivity contribution is 0.0593. The third-order valence-electron chi connectivity index (χ3n) is 5.50. The molecule has 0 N–H and O–H groups in total. The number of fused-ring (bicyclic) bond motifs is 2. The molecular weight excluding hydrogens is 473 g/mol. The van der Waals surface area contributed by atoms with Gasteiger partial charge in [0.1, 0.15) is 5.58 Å². The van der Waals surface area contributed by atoms with Crippen molar-refractivity contribution in [2.75, 3.05) is 13.2 Å². The normalized spacial score (nSPS) is 15.8. The van der Waals surface area contributed by atoms with Crippen molar-refractivity contribution in [1.82, 2.24) is 4.90 Å². The number of amides is 1. The lowest BCUT2D eigenvalue weighted by atomic mass is 9.98. The van der Waals surface area contributed by atoms with Crippen LogP contribution in [0.5, 0.6) is 0 Å². The molecule has 0 bridgehead atoms. The zero-order valence-corrected chi connectivity index (χ0v) is 20.1. The molecule has 0 aliphatic carbocycles. The maximum Gasteiger partial charge on any atom is 0.290 e. The Morgan fingerprint density at radius 1 is 1.06 bits per heavy atom. The van der Waals surface area contributed by atoms with Crippen molar-refractivity contribution in [2.24, 2.45) is 0 Å². The van der Waals surface area contributed by atoms with Gasteiger partial charge in [0.15, 0.2) is 5.43 Å². The van der Waals surface area contributed by atoms with Crippen molar-refractivity contribution in [1.29, 1.82) is 0 Å². The highest BCUT2D eigenvalue weighted by Gasteiger charge is 2.42. The summed E-state index contributed by atoms with van der Waals surface area (Å²) in [4.78, 5) is 28.6. The van der Waals surface area contributed by atoms with Crippen LogP contribution in [0.1, 0.15) is 53.6 Å². The molecule has 4 rings (SSSR count). The van der Waals surface area contributed by atoms with Gasteiger partial charge in [-0.2, -0.15) is 0 Å². The molecule has 5 nitrogen and oxygen atoms in total. The third-order valence-corrected chi connectivity index (χ3v) is 6.65. The predicted molar refractivity (Wildman–Crippen MR) is 127 cm³/mol. The van der Waals surface area contributed by atoms with E-state index in [1.54, 1.807) is 35.2 Å². The fourth-order valence-corrected chi connectivity index (χ4v) is 4.42. The first-order chi connectivity index (χ1) is 15.2. The van der Waals surface area contributed by atoms with Gasteiger partial charge in [-0.15, -0.1) is 0 Å². The molecule has 0 radical (unpaired) electrons. The molecule has 3 aromatic rings. The first-order valence-electron chi connectivity index (χ1n) is 10.3. The van der Waals surface area contributed by atoms with Gasteiger partial charge < -0.3 is 14.1 Å². The molecule has 0 fully saturated rings. The van der Waals surface area contributed by atoms with Crippen LogP contribution in [0.4, 0.5) is 0 Å². The van der Waals surface area contributed by atoms with E-state index in [2.05, 4.69) is 0 Å². The second-order valence-electron chi connectivity index (χ2n) is 8.12. The molecular formula is C24H22Cl3NO4. The number of carbonyl (C=O) groups excluding carboxylic acids is 1. The maximum absolute atomic E-state index is 13.5. The molecule has 8 heteroatoms. The van der Waals surface area contributed by atoms with Gasteiger partial charge >= 0.3 is 0 Å². The minimum absolute atomic E-state index is 0.0464. The Balaban J connectivity index is 1.86. The van der Waals surface area contributed by atoms with Crippen molar-refractivity contribution in [3.63, 3.8) is 0 Å². The summed E-state index contributed by atoms with van der Waals surface area (Å²) in [5, 5.41) is 1.53. The minimum Gasteiger partial charge on any atom is -0.450 e. The quantitative estimate of drug-likeness (QED) is 0.371. The number of hydrogen-bond acceptors (Lipinski definition) is 4. The minimum atomic E-state index is -0.646. The topological polar surface area (TPSA) is 59.8 Å². The first-order valence-corrected chi connectivity index (χ1v) is 11.5. The summed E-state index contributed by atoms with van der Waals surface area (Å²) in [7, 11) is 0. The fourth-order valence-electron chi connectivity index (χ4n) is 3.95. The number of ether oxygens (including phenoxy) is 1. The molecule has 1 aliphatic heterocycles. The Kier molecular flexibility index (Phi) is 6.55. The van der Waals surface area contributed by atoms with Crippen LogP contribution in [0, 0.1) is 6.92 Å². The van der Waals surface area contributed by atoms with Crippen LogP contribution in [-0.4, -0.2) is 30.1 Å². The van der Waals surface area contributed by atoms with Gasteiger partial charge in [0.05, 0.1) is 33.1 Å². The van der Waals surface area contributed by atoms with E-state index in [-0.39, 0.29) is 28.8 Å².